The van der Waals surface area contributed by atoms with Crippen LogP contribution in [0.2, 0.25) is 0 Å². The van der Waals surface area contributed by atoms with Gasteiger partial charge in [-0.15, -0.1) is 0 Å². The molecule has 2 aromatic carbocycles. The highest BCUT2D eigenvalue weighted by Gasteiger charge is 2.53. The molecule has 0 fully saturated rings. The molecule has 0 radical (unpaired) electrons. The van der Waals surface area contributed by atoms with E-state index in [1.54, 1.807) is 0 Å². The Morgan fingerprint density at radius 3 is 2.17 bits per heavy atom. The Bertz CT molecular complexity index is 1080. The first kappa shape index (κ1) is 27.4. The number of carbonyl (C=O) groups is 3. The lowest BCUT2D eigenvalue weighted by atomic mass is 9.81. The number of alkyl halides is 3. The van der Waals surface area contributed by atoms with Crippen molar-refractivity contribution in [1.82, 2.24) is 0 Å². The summed E-state index contributed by atoms with van der Waals surface area (Å²) in [5.74, 6) is -10.5. The van der Waals surface area contributed by atoms with Gasteiger partial charge in [0.25, 0.3) is 5.91 Å². The van der Waals surface area contributed by atoms with Crippen LogP contribution in [0.1, 0.15) is 18.4 Å². The first-order chi connectivity index (χ1) is 16.3. The minimum absolute atomic E-state index is 0.473. The topological polar surface area (TPSA) is 136 Å². The zero-order valence-electron chi connectivity index (χ0n) is 18.1. The normalized spacial score (nSPS) is 14.8. The van der Waals surface area contributed by atoms with Crippen molar-refractivity contribution in [3.8, 4) is 0 Å². The SMILES string of the molecule is CC(=O)C(O)C(=O)OC(C(=O)Nc1ccccc1F)C(C[N+](=O)[O-])C(c1ccccc1)C(F)(F)F. The summed E-state index contributed by atoms with van der Waals surface area (Å²) in [7, 11) is 0. The van der Waals surface area contributed by atoms with E-state index >= 15 is 0 Å². The quantitative estimate of drug-likeness (QED) is 0.168. The van der Waals surface area contributed by atoms with E-state index in [0.29, 0.717) is 0 Å². The number of halogens is 4. The third-order valence-corrected chi connectivity index (χ3v) is 4.93. The lowest BCUT2D eigenvalue weighted by molar-refractivity contribution is -0.492. The number of benzene rings is 2. The molecule has 13 heteroatoms. The maximum atomic E-state index is 14.2. The number of ether oxygens (including phenoxy) is 1. The van der Waals surface area contributed by atoms with Gasteiger partial charge in [0, 0.05) is 4.92 Å². The molecule has 2 aromatic rings. The number of nitrogens with one attached hydrogen (secondary N) is 1. The number of Topliss-reactive ketones (excluding diaryl/α,β-unsaturated/α-hetero) is 1. The van der Waals surface area contributed by atoms with Crippen LogP contribution in [0, 0.1) is 21.8 Å². The van der Waals surface area contributed by atoms with Crippen molar-refractivity contribution in [2.45, 2.75) is 31.2 Å². The predicted molar refractivity (Wildman–Crippen MR) is 112 cm³/mol. The van der Waals surface area contributed by atoms with Crippen LogP contribution in [0.25, 0.3) is 0 Å². The van der Waals surface area contributed by atoms with Crippen molar-refractivity contribution < 1.29 is 46.7 Å². The molecule has 0 saturated heterocycles. The molecular formula is C22H20F4N2O7. The number of carbonyl (C=O) groups excluding carboxylic acids is 3. The van der Waals surface area contributed by atoms with Crippen LogP contribution in [-0.4, -0.2) is 52.6 Å². The fourth-order valence-corrected chi connectivity index (χ4v) is 3.34. The number of esters is 1. The minimum Gasteiger partial charge on any atom is -0.449 e. The Labute approximate surface area is 195 Å². The van der Waals surface area contributed by atoms with E-state index in [1.165, 1.54) is 30.3 Å². The second-order valence-electron chi connectivity index (χ2n) is 7.45. The molecule has 4 atom stereocenters. The van der Waals surface area contributed by atoms with Crippen molar-refractivity contribution in [2.75, 3.05) is 11.9 Å². The summed E-state index contributed by atoms with van der Waals surface area (Å²) in [5.41, 5.74) is -0.979. The molecule has 9 nitrogen and oxygen atoms in total. The smallest absolute Gasteiger partial charge is 0.396 e. The van der Waals surface area contributed by atoms with Crippen LogP contribution in [0.5, 0.6) is 0 Å². The molecule has 1 amide bonds. The number of rotatable bonds is 10. The Morgan fingerprint density at radius 2 is 1.66 bits per heavy atom. The monoisotopic (exact) mass is 500 g/mol. The van der Waals surface area contributed by atoms with Gasteiger partial charge in [-0.1, -0.05) is 42.5 Å². The molecule has 0 aliphatic rings. The van der Waals surface area contributed by atoms with Gasteiger partial charge >= 0.3 is 12.1 Å². The van der Waals surface area contributed by atoms with Crippen LogP contribution in [-0.2, 0) is 19.1 Å². The number of para-hydroxylation sites is 1. The number of anilines is 1. The molecule has 35 heavy (non-hydrogen) atoms. The molecule has 0 aliphatic carbocycles. The number of amides is 1. The molecule has 2 rings (SSSR count). The van der Waals surface area contributed by atoms with E-state index in [2.05, 4.69) is 0 Å². The summed E-state index contributed by atoms with van der Waals surface area (Å²) in [5, 5.41) is 23.0. The molecule has 2 N–H and O–H groups in total. The van der Waals surface area contributed by atoms with Gasteiger partial charge in [0.2, 0.25) is 12.6 Å². The molecule has 0 aliphatic heterocycles. The lowest BCUT2D eigenvalue weighted by Gasteiger charge is -2.32. The van der Waals surface area contributed by atoms with E-state index in [4.69, 9.17) is 4.74 Å². The van der Waals surface area contributed by atoms with E-state index in [-0.39, 0.29) is 0 Å². The van der Waals surface area contributed by atoms with Gasteiger partial charge < -0.3 is 15.2 Å². The van der Waals surface area contributed by atoms with Gasteiger partial charge in [-0.3, -0.25) is 19.7 Å². The minimum atomic E-state index is -5.16. The van der Waals surface area contributed by atoms with Gasteiger partial charge in [-0.25, -0.2) is 9.18 Å². The number of aliphatic hydroxyl groups is 1. The van der Waals surface area contributed by atoms with E-state index in [1.807, 2.05) is 5.32 Å². The van der Waals surface area contributed by atoms with Gasteiger partial charge in [-0.05, 0) is 24.6 Å². The van der Waals surface area contributed by atoms with E-state index in [0.717, 1.165) is 31.2 Å². The number of aliphatic hydroxyl groups excluding tert-OH is 1. The zero-order valence-corrected chi connectivity index (χ0v) is 18.1. The zero-order chi connectivity index (χ0) is 26.3. The van der Waals surface area contributed by atoms with Crippen molar-refractivity contribution in [1.29, 1.82) is 0 Å². The van der Waals surface area contributed by atoms with Crippen molar-refractivity contribution in [3.63, 3.8) is 0 Å². The average molecular weight is 500 g/mol. The Balaban J connectivity index is 2.62. The van der Waals surface area contributed by atoms with Crippen LogP contribution < -0.4 is 5.32 Å². The van der Waals surface area contributed by atoms with Crippen molar-refractivity contribution in [3.05, 3.63) is 76.1 Å². The predicted octanol–water partition coefficient (Wildman–Crippen LogP) is 2.86. The summed E-state index contributed by atoms with van der Waals surface area (Å²) in [6.07, 6.45) is -10.2. The average Bonchev–Trinajstić information content (AvgIpc) is 2.77. The fourth-order valence-electron chi connectivity index (χ4n) is 3.34. The van der Waals surface area contributed by atoms with Crippen molar-refractivity contribution in [2.24, 2.45) is 5.92 Å². The summed E-state index contributed by atoms with van der Waals surface area (Å²) < 4.78 is 61.4. The second kappa shape index (κ2) is 11.5. The number of hydrogen-bond acceptors (Lipinski definition) is 7. The molecule has 0 saturated carbocycles. The molecule has 0 bridgehead atoms. The number of ketones is 1. The lowest BCUT2D eigenvalue weighted by Crippen LogP contribution is -2.49. The van der Waals surface area contributed by atoms with E-state index in [9.17, 15) is 47.2 Å². The highest BCUT2D eigenvalue weighted by atomic mass is 19.4. The first-order valence-electron chi connectivity index (χ1n) is 10.0. The second-order valence-corrected chi connectivity index (χ2v) is 7.45. The Morgan fingerprint density at radius 1 is 1.09 bits per heavy atom. The molecule has 0 heterocycles. The fraction of sp³-hybridized carbons (Fsp3) is 0.318. The number of nitrogens with zero attached hydrogens (tertiary/aromatic N) is 1. The van der Waals surface area contributed by atoms with Gasteiger partial charge in [0.05, 0.1) is 17.5 Å². The maximum absolute atomic E-state index is 14.2. The van der Waals surface area contributed by atoms with Gasteiger partial charge in [-0.2, -0.15) is 13.2 Å². The molecule has 0 spiro atoms. The number of nitro groups is 1. The van der Waals surface area contributed by atoms with Crippen LogP contribution in [0.15, 0.2) is 54.6 Å². The maximum Gasteiger partial charge on any atom is 0.396 e. The van der Waals surface area contributed by atoms with Crippen LogP contribution in [0.3, 0.4) is 0 Å². The van der Waals surface area contributed by atoms with Crippen molar-refractivity contribution >= 4 is 23.3 Å². The third-order valence-electron chi connectivity index (χ3n) is 4.93. The summed E-state index contributed by atoms with van der Waals surface area (Å²) in [6.45, 7) is -0.727. The highest BCUT2D eigenvalue weighted by molar-refractivity contribution is 6.02. The molecule has 0 aromatic heterocycles. The first-order valence-corrected chi connectivity index (χ1v) is 10.0. The van der Waals surface area contributed by atoms with Crippen LogP contribution >= 0.6 is 0 Å². The van der Waals surface area contributed by atoms with Crippen LogP contribution in [0.4, 0.5) is 23.2 Å². The summed E-state index contributed by atoms with van der Waals surface area (Å²) in [6, 6.07) is 10.4. The highest BCUT2D eigenvalue weighted by Crippen LogP contribution is 2.43. The summed E-state index contributed by atoms with van der Waals surface area (Å²) >= 11 is 0. The molecular weight excluding hydrogens is 480 g/mol. The molecule has 188 valence electrons. The standard InChI is InChI=1S/C22H20F4N2O7/c1-12(29)18(30)21(32)35-19(20(31)27-16-10-6-5-9-15(16)23)14(11-28(33)34)17(22(24,25)26)13-7-3-2-4-8-13/h2-10,14,17-19,30H,11H2,1H3,(H,27,31). The molecule has 4 unspecified atom stereocenters. The third kappa shape index (κ3) is 7.30. The van der Waals surface area contributed by atoms with Gasteiger partial charge in [0.15, 0.2) is 11.9 Å². The van der Waals surface area contributed by atoms with E-state index < -0.39 is 76.4 Å². The number of hydrogen-bond donors (Lipinski definition) is 2. The largest absolute Gasteiger partial charge is 0.449 e. The summed E-state index contributed by atoms with van der Waals surface area (Å²) in [4.78, 5) is 46.7. The van der Waals surface area contributed by atoms with Gasteiger partial charge in [0.1, 0.15) is 5.82 Å². The Hall–Kier alpha value is -3.87. The Kier molecular flexibility index (Phi) is 9.00.